The first-order chi connectivity index (χ1) is 16.4. The van der Waals surface area contributed by atoms with Crippen LogP contribution in [0.3, 0.4) is 0 Å². The lowest BCUT2D eigenvalue weighted by Gasteiger charge is -2.12. The van der Waals surface area contributed by atoms with Crippen LogP contribution in [-0.2, 0) is 14.2 Å². The summed E-state index contributed by atoms with van der Waals surface area (Å²) in [5, 5.41) is 0.373. The number of aromatic nitrogens is 3. The molecule has 0 saturated carbocycles. The molecule has 0 radical (unpaired) electrons. The van der Waals surface area contributed by atoms with Gasteiger partial charge in [-0.1, -0.05) is 38.0 Å². The Hall–Kier alpha value is -4.73. The molecule has 0 saturated heterocycles. The van der Waals surface area contributed by atoms with E-state index in [-0.39, 0.29) is 64.1 Å². The Morgan fingerprint density at radius 2 is 1.56 bits per heavy atom. The molecule has 0 amide bonds. The third kappa shape index (κ3) is 3.60. The van der Waals surface area contributed by atoms with Crippen LogP contribution < -0.4 is 5.43 Å². The van der Waals surface area contributed by atoms with E-state index in [1.807, 2.05) is 0 Å². The van der Waals surface area contributed by atoms with Crippen LogP contribution in [-0.4, -0.2) is 52.1 Å². The van der Waals surface area contributed by atoms with Crippen molar-refractivity contribution in [2.24, 2.45) is 0 Å². The molecule has 0 spiro atoms. The second-order valence-corrected chi connectivity index (χ2v) is 7.09. The van der Waals surface area contributed by atoms with Gasteiger partial charge in [0.05, 0.1) is 22.0 Å². The maximum Gasteiger partial charge on any atom is 0.355 e. The van der Waals surface area contributed by atoms with Crippen molar-refractivity contribution in [3.8, 4) is 0 Å². The van der Waals surface area contributed by atoms with Crippen LogP contribution >= 0.6 is 0 Å². The lowest BCUT2D eigenvalue weighted by molar-refractivity contribution is 0.0531. The highest BCUT2D eigenvalue weighted by atomic mass is 16.5. The Morgan fingerprint density at radius 1 is 0.941 bits per heavy atom. The number of H-pyrrole nitrogens is 1. The number of nitrogens with zero attached hydrogens (tertiary/aromatic N) is 2. The Balaban J connectivity index is 2.06. The number of hydrogen-bond donors (Lipinski definition) is 1. The molecule has 3 aromatic heterocycles. The van der Waals surface area contributed by atoms with Crippen LogP contribution in [0.2, 0.25) is 0 Å². The zero-order valence-corrected chi connectivity index (χ0v) is 18.0. The number of pyridine rings is 1. The van der Waals surface area contributed by atoms with E-state index < -0.39 is 23.3 Å². The van der Waals surface area contributed by atoms with E-state index in [2.05, 4.69) is 29.7 Å². The van der Waals surface area contributed by atoms with Gasteiger partial charge in [0.15, 0.2) is 0 Å². The first-order valence-electron chi connectivity index (χ1n) is 10.1. The normalized spacial score (nSPS) is 10.9. The zero-order valence-electron chi connectivity index (χ0n) is 18.0. The summed E-state index contributed by atoms with van der Waals surface area (Å²) >= 11 is 0. The molecule has 1 aromatic carbocycles. The Kier molecular flexibility index (Phi) is 5.96. The van der Waals surface area contributed by atoms with Gasteiger partial charge < -0.3 is 19.2 Å². The van der Waals surface area contributed by atoms with Crippen molar-refractivity contribution in [2.45, 2.75) is 0 Å². The first-order valence-corrected chi connectivity index (χ1v) is 10.1. The number of benzene rings is 1. The van der Waals surface area contributed by atoms with Gasteiger partial charge in [0.2, 0.25) is 5.43 Å². The molecule has 34 heavy (non-hydrogen) atoms. The molecule has 0 bridgehead atoms. The van der Waals surface area contributed by atoms with Crippen molar-refractivity contribution in [2.75, 3.05) is 19.8 Å². The van der Waals surface area contributed by atoms with Crippen molar-refractivity contribution < 1.29 is 28.6 Å². The molecule has 10 heteroatoms. The number of imidazole rings is 1. The quantitative estimate of drug-likeness (QED) is 0.229. The predicted molar refractivity (Wildman–Crippen MR) is 123 cm³/mol. The van der Waals surface area contributed by atoms with E-state index in [1.165, 1.54) is 41.1 Å². The van der Waals surface area contributed by atoms with Crippen LogP contribution in [0.1, 0.15) is 31.3 Å². The third-order valence-corrected chi connectivity index (χ3v) is 4.99. The summed E-state index contributed by atoms with van der Waals surface area (Å²) in [5.41, 5.74) is -0.159. The molecular weight excluding hydrogens is 442 g/mol. The SMILES string of the molecule is C=CCOC(=O)c1cc2c(=O)c3ncn4c(C(=O)OCC=C)cc(C(=O)OCC=C)c(c2[nH]1)c34. The fraction of sp³-hybridized carbons (Fsp3) is 0.125. The smallest absolute Gasteiger partial charge is 0.355 e. The second-order valence-electron chi connectivity index (χ2n) is 7.09. The minimum Gasteiger partial charge on any atom is -0.458 e. The summed E-state index contributed by atoms with van der Waals surface area (Å²) < 4.78 is 16.8. The summed E-state index contributed by atoms with van der Waals surface area (Å²) in [4.78, 5) is 58.3. The van der Waals surface area contributed by atoms with Crippen LogP contribution in [0.4, 0.5) is 0 Å². The number of carbonyl (C=O) groups excluding carboxylic acids is 3. The molecule has 4 rings (SSSR count). The average molecular weight is 461 g/mol. The summed E-state index contributed by atoms with van der Waals surface area (Å²) in [7, 11) is 0. The lowest BCUT2D eigenvalue weighted by Crippen LogP contribution is -2.15. The molecule has 0 aliphatic heterocycles. The molecule has 0 unspecified atom stereocenters. The minimum atomic E-state index is -0.770. The number of fused-ring (bicyclic) bond motifs is 2. The number of hydrogen-bond acceptors (Lipinski definition) is 8. The summed E-state index contributed by atoms with van der Waals surface area (Å²) in [5.74, 6) is -2.24. The second kappa shape index (κ2) is 9.02. The van der Waals surface area contributed by atoms with Crippen LogP contribution in [0.5, 0.6) is 0 Å². The first kappa shape index (κ1) is 22.5. The summed E-state index contributed by atoms with van der Waals surface area (Å²) in [6.45, 7) is 10.4. The Bertz CT molecular complexity index is 1540. The largest absolute Gasteiger partial charge is 0.458 e. The molecule has 10 nitrogen and oxygen atoms in total. The predicted octanol–water partition coefficient (Wildman–Crippen LogP) is 2.80. The fourth-order valence-corrected chi connectivity index (χ4v) is 3.62. The summed E-state index contributed by atoms with van der Waals surface area (Å²) in [6, 6.07) is 2.63. The van der Waals surface area contributed by atoms with Crippen LogP contribution in [0, 0.1) is 0 Å². The molecule has 1 N–H and O–H groups in total. The van der Waals surface area contributed by atoms with Gasteiger partial charge in [-0.25, -0.2) is 19.4 Å². The van der Waals surface area contributed by atoms with E-state index in [4.69, 9.17) is 14.2 Å². The topological polar surface area (TPSA) is 129 Å². The van der Waals surface area contributed by atoms with E-state index in [9.17, 15) is 19.2 Å². The minimum absolute atomic E-state index is 0.00313. The van der Waals surface area contributed by atoms with Crippen LogP contribution in [0.25, 0.3) is 27.3 Å². The number of esters is 3. The molecule has 172 valence electrons. The van der Waals surface area contributed by atoms with E-state index >= 15 is 0 Å². The van der Waals surface area contributed by atoms with E-state index in [1.54, 1.807) is 0 Å². The number of carbonyl (C=O) groups is 3. The Labute approximate surface area is 192 Å². The van der Waals surface area contributed by atoms with Gasteiger partial charge in [-0.05, 0) is 12.1 Å². The van der Waals surface area contributed by atoms with Gasteiger partial charge in [0.1, 0.15) is 43.1 Å². The molecule has 4 aromatic rings. The van der Waals surface area contributed by atoms with Gasteiger partial charge in [0, 0.05) is 5.39 Å². The molecule has 0 fully saturated rings. The molecule has 3 heterocycles. The highest BCUT2D eigenvalue weighted by molar-refractivity contribution is 6.20. The number of nitrogens with one attached hydrogen (secondary N) is 1. The van der Waals surface area contributed by atoms with Crippen molar-refractivity contribution in [1.29, 1.82) is 0 Å². The van der Waals surface area contributed by atoms with Crippen LogP contribution in [0.15, 0.2) is 61.2 Å². The standard InChI is InChI=1S/C24H19N3O7/c1-4-7-32-22(29)13-11-16(24(31)34-9-6-3)27-12-25-19-20(27)17(13)18-14(21(19)28)10-15(26-18)23(30)33-8-5-2/h4-6,10-12,26H,1-3,7-9H2. The molecule has 0 aliphatic rings. The number of rotatable bonds is 9. The molecular formula is C24H19N3O7. The van der Waals surface area contributed by atoms with E-state index in [0.29, 0.717) is 0 Å². The monoisotopic (exact) mass is 461 g/mol. The van der Waals surface area contributed by atoms with Crippen molar-refractivity contribution in [3.05, 3.63) is 83.6 Å². The van der Waals surface area contributed by atoms with Gasteiger partial charge in [0.25, 0.3) is 0 Å². The van der Waals surface area contributed by atoms with Gasteiger partial charge in [-0.15, -0.1) is 0 Å². The number of ether oxygens (including phenoxy) is 3. The molecule has 0 aliphatic carbocycles. The van der Waals surface area contributed by atoms with Crippen molar-refractivity contribution in [3.63, 3.8) is 0 Å². The molecule has 0 atom stereocenters. The summed E-state index contributed by atoms with van der Waals surface area (Å²) in [6.07, 6.45) is 5.49. The highest BCUT2D eigenvalue weighted by Crippen LogP contribution is 2.31. The van der Waals surface area contributed by atoms with Gasteiger partial charge >= 0.3 is 17.9 Å². The Morgan fingerprint density at radius 3 is 2.21 bits per heavy atom. The number of aromatic amines is 1. The zero-order chi connectivity index (χ0) is 24.4. The fourth-order valence-electron chi connectivity index (χ4n) is 3.62. The maximum atomic E-state index is 13.2. The van der Waals surface area contributed by atoms with Gasteiger partial charge in [-0.3, -0.25) is 9.20 Å². The van der Waals surface area contributed by atoms with Crippen molar-refractivity contribution in [1.82, 2.24) is 14.4 Å². The average Bonchev–Trinajstić information content (AvgIpc) is 3.48. The maximum absolute atomic E-state index is 13.2. The lowest BCUT2D eigenvalue weighted by atomic mass is 10.0. The van der Waals surface area contributed by atoms with Gasteiger partial charge in [-0.2, -0.15) is 0 Å². The van der Waals surface area contributed by atoms with E-state index in [0.717, 1.165) is 0 Å². The third-order valence-electron chi connectivity index (χ3n) is 4.99. The highest BCUT2D eigenvalue weighted by Gasteiger charge is 2.27. The van der Waals surface area contributed by atoms with Crippen molar-refractivity contribution >= 4 is 45.2 Å².